The van der Waals surface area contributed by atoms with Gasteiger partial charge in [0, 0.05) is 42.6 Å². The molecule has 1 N–H and O–H groups in total. The van der Waals surface area contributed by atoms with Gasteiger partial charge in [-0.25, -0.2) is 9.97 Å². The second-order valence-corrected chi connectivity index (χ2v) is 5.64. The molecule has 0 aliphatic carbocycles. The molecule has 0 bridgehead atoms. The molecular formula is C19H17N5. The van der Waals surface area contributed by atoms with Crippen LogP contribution in [0.5, 0.6) is 0 Å². The molecule has 118 valence electrons. The molecule has 4 aromatic rings. The number of aryl methyl sites for hydroxylation is 1. The van der Waals surface area contributed by atoms with Crippen molar-refractivity contribution >= 4 is 11.5 Å². The van der Waals surface area contributed by atoms with E-state index in [2.05, 4.69) is 31.8 Å². The van der Waals surface area contributed by atoms with E-state index in [1.54, 1.807) is 12.4 Å². The Balaban J connectivity index is 1.76. The van der Waals surface area contributed by atoms with Gasteiger partial charge in [0.1, 0.15) is 0 Å². The Morgan fingerprint density at radius 3 is 2.62 bits per heavy atom. The van der Waals surface area contributed by atoms with Crippen LogP contribution in [0, 0.1) is 6.92 Å². The summed E-state index contributed by atoms with van der Waals surface area (Å²) >= 11 is 0. The van der Waals surface area contributed by atoms with Crippen molar-refractivity contribution in [1.29, 1.82) is 0 Å². The number of fused-ring (bicyclic) bond motifs is 1. The second kappa shape index (κ2) is 6.12. The van der Waals surface area contributed by atoms with Crippen molar-refractivity contribution in [3.63, 3.8) is 0 Å². The van der Waals surface area contributed by atoms with Crippen molar-refractivity contribution in [3.05, 3.63) is 78.5 Å². The first kappa shape index (κ1) is 14.4. The number of nitrogens with one attached hydrogen (secondary N) is 1. The van der Waals surface area contributed by atoms with Gasteiger partial charge in [-0.05, 0) is 24.6 Å². The highest BCUT2D eigenvalue weighted by Gasteiger charge is 2.10. The summed E-state index contributed by atoms with van der Waals surface area (Å²) < 4.78 is 2.07. The zero-order chi connectivity index (χ0) is 16.4. The molecule has 0 aliphatic heterocycles. The minimum atomic E-state index is 0.676. The van der Waals surface area contributed by atoms with Gasteiger partial charge in [-0.2, -0.15) is 0 Å². The molecule has 3 aromatic heterocycles. The van der Waals surface area contributed by atoms with E-state index in [1.165, 1.54) is 0 Å². The standard InChI is InChI=1S/C19H17N5/c1-14-11-22-19-18(21-12-15-7-9-20-10-8-15)23-17(13-24(14)19)16-5-3-2-4-6-16/h2-11,13H,12H2,1H3,(H,21,23). The summed E-state index contributed by atoms with van der Waals surface area (Å²) in [7, 11) is 0. The average molecular weight is 315 g/mol. The lowest BCUT2D eigenvalue weighted by Gasteiger charge is -2.10. The van der Waals surface area contributed by atoms with E-state index in [0.717, 1.165) is 34.0 Å². The lowest BCUT2D eigenvalue weighted by molar-refractivity contribution is 1.05. The molecule has 3 heterocycles. The van der Waals surface area contributed by atoms with E-state index in [1.807, 2.05) is 49.6 Å². The molecular weight excluding hydrogens is 298 g/mol. The number of benzene rings is 1. The number of anilines is 1. The first-order valence-electron chi connectivity index (χ1n) is 7.84. The lowest BCUT2D eigenvalue weighted by atomic mass is 10.2. The Hall–Kier alpha value is -3.21. The Kier molecular flexibility index (Phi) is 3.67. The molecule has 0 spiro atoms. The largest absolute Gasteiger partial charge is 0.363 e. The molecule has 0 aliphatic rings. The maximum absolute atomic E-state index is 4.79. The first-order valence-corrected chi connectivity index (χ1v) is 7.84. The fourth-order valence-electron chi connectivity index (χ4n) is 2.66. The fourth-order valence-corrected chi connectivity index (χ4v) is 2.66. The summed E-state index contributed by atoms with van der Waals surface area (Å²) in [5, 5.41) is 3.41. The van der Waals surface area contributed by atoms with Gasteiger partial charge < -0.3 is 5.32 Å². The number of imidazole rings is 1. The fraction of sp³-hybridized carbons (Fsp3) is 0.105. The molecule has 0 saturated heterocycles. The number of nitrogens with zero attached hydrogens (tertiary/aromatic N) is 4. The number of hydrogen-bond donors (Lipinski definition) is 1. The molecule has 0 fully saturated rings. The van der Waals surface area contributed by atoms with E-state index in [-0.39, 0.29) is 0 Å². The molecule has 1 aromatic carbocycles. The molecule has 4 rings (SSSR count). The zero-order valence-corrected chi connectivity index (χ0v) is 13.3. The Labute approximate surface area is 140 Å². The van der Waals surface area contributed by atoms with Gasteiger partial charge in [-0.3, -0.25) is 9.38 Å². The minimum absolute atomic E-state index is 0.676. The van der Waals surface area contributed by atoms with Crippen molar-refractivity contribution in [1.82, 2.24) is 19.4 Å². The third-order valence-electron chi connectivity index (χ3n) is 3.96. The van der Waals surface area contributed by atoms with Crippen LogP contribution >= 0.6 is 0 Å². The van der Waals surface area contributed by atoms with Crippen molar-refractivity contribution in [2.45, 2.75) is 13.5 Å². The third kappa shape index (κ3) is 2.72. The van der Waals surface area contributed by atoms with Gasteiger partial charge in [-0.15, -0.1) is 0 Å². The van der Waals surface area contributed by atoms with Gasteiger partial charge in [0.15, 0.2) is 11.5 Å². The molecule has 0 radical (unpaired) electrons. The van der Waals surface area contributed by atoms with Crippen molar-refractivity contribution in [2.24, 2.45) is 0 Å². The Morgan fingerprint density at radius 1 is 1.04 bits per heavy atom. The molecule has 0 amide bonds. The SMILES string of the molecule is Cc1cnc2c(NCc3ccncc3)nc(-c3ccccc3)cn12. The summed E-state index contributed by atoms with van der Waals surface area (Å²) in [5.74, 6) is 0.779. The van der Waals surface area contributed by atoms with Gasteiger partial charge in [0.25, 0.3) is 0 Å². The van der Waals surface area contributed by atoms with Crippen molar-refractivity contribution < 1.29 is 0 Å². The maximum Gasteiger partial charge on any atom is 0.180 e. The predicted molar refractivity (Wildman–Crippen MR) is 94.7 cm³/mol. The average Bonchev–Trinajstić information content (AvgIpc) is 3.02. The molecule has 24 heavy (non-hydrogen) atoms. The van der Waals surface area contributed by atoms with Crippen LogP contribution < -0.4 is 5.32 Å². The third-order valence-corrected chi connectivity index (χ3v) is 3.96. The lowest BCUT2D eigenvalue weighted by Crippen LogP contribution is -2.05. The normalized spacial score (nSPS) is 10.9. The quantitative estimate of drug-likeness (QED) is 0.624. The molecule has 5 nitrogen and oxygen atoms in total. The summed E-state index contributed by atoms with van der Waals surface area (Å²) in [6.07, 6.45) is 7.48. The highest BCUT2D eigenvalue weighted by molar-refractivity contribution is 5.69. The second-order valence-electron chi connectivity index (χ2n) is 5.64. The smallest absolute Gasteiger partial charge is 0.180 e. The highest BCUT2D eigenvalue weighted by Crippen LogP contribution is 2.23. The van der Waals surface area contributed by atoms with E-state index in [4.69, 9.17) is 4.98 Å². The van der Waals surface area contributed by atoms with Crippen LogP contribution in [0.25, 0.3) is 16.9 Å². The number of rotatable bonds is 4. The van der Waals surface area contributed by atoms with Crippen LogP contribution in [0.2, 0.25) is 0 Å². The number of hydrogen-bond acceptors (Lipinski definition) is 4. The summed E-state index contributed by atoms with van der Waals surface area (Å²) in [6.45, 7) is 2.72. The van der Waals surface area contributed by atoms with Crippen molar-refractivity contribution in [2.75, 3.05) is 5.32 Å². The number of aromatic nitrogens is 4. The molecule has 0 saturated carbocycles. The summed E-state index contributed by atoms with van der Waals surface area (Å²) in [4.78, 5) is 13.3. The molecule has 0 atom stereocenters. The monoisotopic (exact) mass is 315 g/mol. The van der Waals surface area contributed by atoms with Gasteiger partial charge >= 0.3 is 0 Å². The van der Waals surface area contributed by atoms with Gasteiger partial charge in [0.05, 0.1) is 5.69 Å². The van der Waals surface area contributed by atoms with Crippen LogP contribution in [0.3, 0.4) is 0 Å². The van der Waals surface area contributed by atoms with E-state index < -0.39 is 0 Å². The Morgan fingerprint density at radius 2 is 1.83 bits per heavy atom. The van der Waals surface area contributed by atoms with Gasteiger partial charge in [0.2, 0.25) is 0 Å². The van der Waals surface area contributed by atoms with E-state index in [0.29, 0.717) is 6.54 Å². The van der Waals surface area contributed by atoms with E-state index in [9.17, 15) is 0 Å². The summed E-state index contributed by atoms with van der Waals surface area (Å²) in [5.41, 5.74) is 5.07. The van der Waals surface area contributed by atoms with Crippen LogP contribution in [-0.2, 0) is 6.54 Å². The maximum atomic E-state index is 4.79. The zero-order valence-electron chi connectivity index (χ0n) is 13.3. The summed E-state index contributed by atoms with van der Waals surface area (Å²) in [6, 6.07) is 14.1. The van der Waals surface area contributed by atoms with Crippen LogP contribution in [0.4, 0.5) is 5.82 Å². The number of pyridine rings is 1. The first-order chi connectivity index (χ1) is 11.8. The molecule has 0 unspecified atom stereocenters. The van der Waals surface area contributed by atoms with Gasteiger partial charge in [-0.1, -0.05) is 30.3 Å². The Bertz CT molecular complexity index is 961. The predicted octanol–water partition coefficient (Wildman–Crippen LogP) is 3.71. The van der Waals surface area contributed by atoms with Crippen LogP contribution in [0.15, 0.2) is 67.3 Å². The van der Waals surface area contributed by atoms with Crippen LogP contribution in [0.1, 0.15) is 11.3 Å². The van der Waals surface area contributed by atoms with E-state index >= 15 is 0 Å². The molecule has 5 heteroatoms. The highest BCUT2D eigenvalue weighted by atomic mass is 15.1. The topological polar surface area (TPSA) is 55.1 Å². The van der Waals surface area contributed by atoms with Crippen LogP contribution in [-0.4, -0.2) is 19.4 Å². The van der Waals surface area contributed by atoms with Crippen molar-refractivity contribution in [3.8, 4) is 11.3 Å². The minimum Gasteiger partial charge on any atom is -0.363 e.